The predicted molar refractivity (Wildman–Crippen MR) is 254 cm³/mol. The van der Waals surface area contributed by atoms with Gasteiger partial charge in [-0.3, -0.25) is 18.6 Å². The van der Waals surface area contributed by atoms with E-state index >= 15 is 0 Å². The van der Waals surface area contributed by atoms with Crippen LogP contribution in [0.15, 0.2) is 0 Å². The molecule has 11 nitrogen and oxygen atoms in total. The van der Waals surface area contributed by atoms with Crippen LogP contribution in [0.1, 0.15) is 271 Å². The monoisotopic (exact) mass is 904 g/mol. The number of hydrogen-bond acceptors (Lipinski definition) is 8. The van der Waals surface area contributed by atoms with E-state index in [1.54, 1.807) is 0 Å². The Morgan fingerprint density at radius 1 is 0.452 bits per heavy atom. The predicted octanol–water partition coefficient (Wildman–Crippen LogP) is 14.2. The van der Waals surface area contributed by atoms with Crippen LogP contribution in [0.5, 0.6) is 0 Å². The summed E-state index contributed by atoms with van der Waals surface area (Å²) in [7, 11) is -4.75. The summed E-state index contributed by atoms with van der Waals surface area (Å²) < 4.78 is 26.9. The highest BCUT2D eigenvalue weighted by Crippen LogP contribution is 2.43. The highest BCUT2D eigenvalue weighted by atomic mass is 31.2. The van der Waals surface area contributed by atoms with Crippen LogP contribution in [0.4, 0.5) is 0 Å². The van der Waals surface area contributed by atoms with Crippen LogP contribution in [0.3, 0.4) is 0 Å². The Hall–Kier alpha value is -1.52. The van der Waals surface area contributed by atoms with Gasteiger partial charge in [-0.2, -0.15) is 0 Å². The molecule has 0 spiro atoms. The van der Waals surface area contributed by atoms with Crippen molar-refractivity contribution in [2.24, 2.45) is 0 Å². The highest BCUT2D eigenvalue weighted by Gasteiger charge is 2.28. The molecule has 3 atom stereocenters. The third-order valence-corrected chi connectivity index (χ3v) is 12.8. The number of nitrogens with one attached hydrogen (secondary N) is 1. The summed E-state index contributed by atoms with van der Waals surface area (Å²) in [6, 6.07) is -1.54. The number of phosphoric ester groups is 1. The number of carboxylic acid groups (broad SMARTS) is 1. The van der Waals surface area contributed by atoms with Gasteiger partial charge in [0.15, 0.2) is 6.04 Å². The van der Waals surface area contributed by atoms with E-state index in [0.29, 0.717) is 12.8 Å². The Kier molecular flexibility index (Phi) is 44.9. The molecule has 3 unspecified atom stereocenters. The number of hydrogen-bond donors (Lipinski definition) is 4. The molecule has 12 heteroatoms. The maximum absolute atomic E-state index is 12.4. The first kappa shape index (κ1) is 60.5. The van der Waals surface area contributed by atoms with Crippen molar-refractivity contribution < 1.29 is 47.8 Å². The zero-order chi connectivity index (χ0) is 45.6. The van der Waals surface area contributed by atoms with Gasteiger partial charge in [0.05, 0.1) is 13.2 Å². The summed E-state index contributed by atoms with van der Waals surface area (Å²) in [5.74, 6) is -2.35. The van der Waals surface area contributed by atoms with E-state index in [1.165, 1.54) is 193 Å². The second-order valence-electron chi connectivity index (χ2n) is 18.1. The molecule has 0 rings (SSSR count). The van der Waals surface area contributed by atoms with Crippen LogP contribution in [-0.2, 0) is 32.7 Å². The standard InChI is InChI=1S/C50H98NO10P/c1-3-5-7-9-11-13-15-17-19-20-21-22-23-24-25-26-27-28-29-31-33-35-37-39-41-48(53)51-47(50(55)56)45-61-62(57,58)60-44-46(52)43-59-49(54)42-40-38-36-34-32-30-18-16-14-12-10-8-6-4-2/h46-47,52H,3-45H2,1-2H3,(H,51,53)(H,55,56)(H,57,58). The molecule has 368 valence electrons. The molecular weight excluding hydrogens is 806 g/mol. The Bertz CT molecular complexity index is 1060. The van der Waals surface area contributed by atoms with Crippen molar-refractivity contribution in [1.29, 1.82) is 0 Å². The number of aliphatic hydroxyl groups is 1. The van der Waals surface area contributed by atoms with Gasteiger partial charge in [-0.05, 0) is 12.8 Å². The lowest BCUT2D eigenvalue weighted by Gasteiger charge is -2.18. The molecule has 0 heterocycles. The van der Waals surface area contributed by atoms with Crippen LogP contribution >= 0.6 is 7.82 Å². The van der Waals surface area contributed by atoms with Crippen molar-refractivity contribution >= 4 is 25.7 Å². The molecular formula is C50H98NO10P. The smallest absolute Gasteiger partial charge is 0.472 e. The second-order valence-corrected chi connectivity index (χ2v) is 19.5. The van der Waals surface area contributed by atoms with Crippen LogP contribution < -0.4 is 5.32 Å². The number of phosphoric acid groups is 1. The van der Waals surface area contributed by atoms with E-state index in [9.17, 15) is 34.1 Å². The Morgan fingerprint density at radius 2 is 0.742 bits per heavy atom. The van der Waals surface area contributed by atoms with Gasteiger partial charge in [0.2, 0.25) is 5.91 Å². The molecule has 0 aliphatic carbocycles. The number of carbonyl (C=O) groups excluding carboxylic acids is 2. The zero-order valence-electron chi connectivity index (χ0n) is 40.2. The highest BCUT2D eigenvalue weighted by molar-refractivity contribution is 7.47. The number of rotatable bonds is 50. The summed E-state index contributed by atoms with van der Waals surface area (Å²) in [6.45, 7) is 2.65. The number of aliphatic hydroxyl groups excluding tert-OH is 1. The van der Waals surface area contributed by atoms with Crippen molar-refractivity contribution in [3.05, 3.63) is 0 Å². The SMILES string of the molecule is CCCCCCCCCCCCCCCCCCCCCCCCCCC(=O)NC(COP(=O)(O)OCC(O)COC(=O)CCCCCCCCCCCCCCCC)C(=O)O. The number of carbonyl (C=O) groups is 3. The number of amides is 1. The van der Waals surface area contributed by atoms with Gasteiger partial charge in [-0.15, -0.1) is 0 Å². The third-order valence-electron chi connectivity index (χ3n) is 11.9. The van der Waals surface area contributed by atoms with Crippen molar-refractivity contribution in [1.82, 2.24) is 5.32 Å². The largest absolute Gasteiger partial charge is 0.480 e. The summed E-state index contributed by atoms with van der Waals surface area (Å²) in [6.07, 6.45) is 47.0. The lowest BCUT2D eigenvalue weighted by Crippen LogP contribution is -2.43. The minimum atomic E-state index is -4.75. The van der Waals surface area contributed by atoms with E-state index < -0.39 is 57.6 Å². The van der Waals surface area contributed by atoms with Crippen LogP contribution in [-0.4, -0.2) is 64.9 Å². The molecule has 0 fully saturated rings. The number of ether oxygens (including phenoxy) is 1. The number of carboxylic acids is 1. The van der Waals surface area contributed by atoms with Gasteiger partial charge in [0.25, 0.3) is 0 Å². The van der Waals surface area contributed by atoms with E-state index in [-0.39, 0.29) is 12.8 Å². The van der Waals surface area contributed by atoms with Gasteiger partial charge in [-0.25, -0.2) is 9.36 Å². The Balaban J connectivity index is 3.76. The van der Waals surface area contributed by atoms with Crippen molar-refractivity contribution in [2.45, 2.75) is 283 Å². The molecule has 0 aliphatic rings. The van der Waals surface area contributed by atoms with E-state index in [1.807, 2.05) is 0 Å². The van der Waals surface area contributed by atoms with Gasteiger partial charge < -0.3 is 25.2 Å². The Labute approximate surface area is 380 Å². The van der Waals surface area contributed by atoms with Crippen LogP contribution in [0.25, 0.3) is 0 Å². The average molecular weight is 904 g/mol. The summed E-state index contributed by atoms with van der Waals surface area (Å²) in [5, 5.41) is 21.9. The molecule has 0 bridgehead atoms. The number of esters is 1. The molecule has 0 aromatic rings. The van der Waals surface area contributed by atoms with E-state index in [4.69, 9.17) is 13.8 Å². The Morgan fingerprint density at radius 3 is 1.06 bits per heavy atom. The first-order chi connectivity index (χ1) is 30.1. The van der Waals surface area contributed by atoms with Crippen molar-refractivity contribution in [3.8, 4) is 0 Å². The maximum Gasteiger partial charge on any atom is 0.472 e. The quantitative estimate of drug-likeness (QED) is 0.0262. The van der Waals surface area contributed by atoms with Crippen molar-refractivity contribution in [2.75, 3.05) is 19.8 Å². The topological polar surface area (TPSA) is 169 Å². The lowest BCUT2D eigenvalue weighted by atomic mass is 10.0. The molecule has 62 heavy (non-hydrogen) atoms. The molecule has 0 aromatic carbocycles. The summed E-state index contributed by atoms with van der Waals surface area (Å²) >= 11 is 0. The maximum atomic E-state index is 12.4. The van der Waals surface area contributed by atoms with E-state index in [2.05, 4.69) is 19.2 Å². The summed E-state index contributed by atoms with van der Waals surface area (Å²) in [4.78, 5) is 46.1. The zero-order valence-corrected chi connectivity index (χ0v) is 41.1. The van der Waals surface area contributed by atoms with Gasteiger partial charge in [0.1, 0.15) is 12.7 Å². The third kappa shape index (κ3) is 45.1. The molecule has 4 N–H and O–H groups in total. The average Bonchev–Trinajstić information content (AvgIpc) is 3.25. The fourth-order valence-electron chi connectivity index (χ4n) is 7.85. The molecule has 1 amide bonds. The van der Waals surface area contributed by atoms with Gasteiger partial charge in [0, 0.05) is 12.8 Å². The van der Waals surface area contributed by atoms with E-state index in [0.717, 1.165) is 38.5 Å². The normalized spacial score (nSPS) is 13.5. The molecule has 0 saturated heterocycles. The number of unbranched alkanes of at least 4 members (excludes halogenated alkanes) is 36. The fraction of sp³-hybridized carbons (Fsp3) is 0.940. The first-order valence-corrected chi connectivity index (χ1v) is 27.6. The molecule has 0 radical (unpaired) electrons. The van der Waals surface area contributed by atoms with Gasteiger partial charge >= 0.3 is 19.8 Å². The van der Waals surface area contributed by atoms with Gasteiger partial charge in [-0.1, -0.05) is 245 Å². The minimum Gasteiger partial charge on any atom is -0.480 e. The second kappa shape index (κ2) is 46.0. The molecule has 0 aliphatic heterocycles. The van der Waals surface area contributed by atoms with Crippen molar-refractivity contribution in [3.63, 3.8) is 0 Å². The molecule has 0 aromatic heterocycles. The van der Waals surface area contributed by atoms with Crippen LogP contribution in [0.2, 0.25) is 0 Å². The summed E-state index contributed by atoms with van der Waals surface area (Å²) in [5.41, 5.74) is 0. The fourth-order valence-corrected chi connectivity index (χ4v) is 8.62. The lowest BCUT2D eigenvalue weighted by molar-refractivity contribution is -0.147. The van der Waals surface area contributed by atoms with Crippen LogP contribution in [0, 0.1) is 0 Å². The number of aliphatic carboxylic acids is 1. The first-order valence-electron chi connectivity index (χ1n) is 26.1. The minimum absolute atomic E-state index is 0.153. The molecule has 0 saturated carbocycles.